The molecule has 0 radical (unpaired) electrons. The van der Waals surface area contributed by atoms with Gasteiger partial charge < -0.3 is 5.11 Å². The van der Waals surface area contributed by atoms with Crippen LogP contribution in [0, 0.1) is 17.3 Å². The summed E-state index contributed by atoms with van der Waals surface area (Å²) in [7, 11) is 0. The predicted molar refractivity (Wildman–Crippen MR) is 77.7 cm³/mol. The molecule has 4 aliphatic rings. The van der Waals surface area contributed by atoms with Crippen LogP contribution in [0.15, 0.2) is 35.5 Å². The van der Waals surface area contributed by atoms with Gasteiger partial charge in [0.25, 0.3) is 0 Å². The number of hydrogen-bond donors (Lipinski definition) is 1. The fraction of sp³-hybridized carbons (Fsp3) is 0.667. The molecular formula is C18H24O. The molecule has 0 amide bonds. The lowest BCUT2D eigenvalue weighted by Crippen LogP contribution is -2.48. The Morgan fingerprint density at radius 3 is 3.00 bits per heavy atom. The Kier molecular flexibility index (Phi) is 2.42. The fourth-order valence-electron chi connectivity index (χ4n) is 5.14. The summed E-state index contributed by atoms with van der Waals surface area (Å²) in [6, 6.07) is 0. The molecule has 0 aromatic rings. The second-order valence-corrected chi connectivity index (χ2v) is 7.32. The van der Waals surface area contributed by atoms with E-state index in [0.29, 0.717) is 11.8 Å². The maximum absolute atomic E-state index is 11.0. The lowest BCUT2D eigenvalue weighted by Gasteiger charge is -2.51. The van der Waals surface area contributed by atoms with Crippen LogP contribution in [0.4, 0.5) is 0 Å². The summed E-state index contributed by atoms with van der Waals surface area (Å²) in [6.45, 7) is 2.38. The summed E-state index contributed by atoms with van der Waals surface area (Å²) in [5.41, 5.74) is 3.03. The van der Waals surface area contributed by atoms with Crippen molar-refractivity contribution in [3.8, 4) is 0 Å². The Hall–Kier alpha value is -0.820. The third kappa shape index (κ3) is 1.57. The molecular weight excluding hydrogens is 232 g/mol. The van der Waals surface area contributed by atoms with E-state index >= 15 is 0 Å². The number of allylic oxidation sites excluding steroid dienone is 5. The van der Waals surface area contributed by atoms with Crippen molar-refractivity contribution in [2.45, 2.75) is 57.5 Å². The van der Waals surface area contributed by atoms with Crippen molar-refractivity contribution < 1.29 is 5.11 Å². The van der Waals surface area contributed by atoms with Gasteiger partial charge in [0.2, 0.25) is 0 Å². The highest BCUT2D eigenvalue weighted by Gasteiger charge is 2.50. The molecule has 0 aliphatic heterocycles. The normalized spacial score (nSPS) is 47.9. The Balaban J connectivity index is 1.74. The van der Waals surface area contributed by atoms with Crippen LogP contribution in [-0.2, 0) is 0 Å². The molecule has 1 nitrogen and oxygen atoms in total. The van der Waals surface area contributed by atoms with Gasteiger partial charge in [0.15, 0.2) is 0 Å². The fourth-order valence-corrected chi connectivity index (χ4v) is 5.14. The van der Waals surface area contributed by atoms with Crippen LogP contribution in [0.2, 0.25) is 0 Å². The van der Waals surface area contributed by atoms with Crippen LogP contribution in [0.25, 0.3) is 0 Å². The molecule has 0 aromatic carbocycles. The van der Waals surface area contributed by atoms with E-state index in [9.17, 15) is 5.11 Å². The molecule has 0 bridgehead atoms. The molecule has 2 fully saturated rings. The number of hydrogen-bond acceptors (Lipinski definition) is 1. The molecule has 102 valence electrons. The molecule has 0 heterocycles. The Morgan fingerprint density at radius 1 is 1.21 bits per heavy atom. The van der Waals surface area contributed by atoms with Crippen LogP contribution >= 0.6 is 0 Å². The van der Waals surface area contributed by atoms with E-state index in [-0.39, 0.29) is 11.0 Å². The molecule has 0 spiro atoms. The van der Waals surface area contributed by atoms with E-state index in [1.165, 1.54) is 32.1 Å². The van der Waals surface area contributed by atoms with E-state index < -0.39 is 0 Å². The van der Waals surface area contributed by atoms with Gasteiger partial charge in [0, 0.05) is 5.41 Å². The second kappa shape index (κ2) is 3.85. The molecule has 1 unspecified atom stereocenters. The van der Waals surface area contributed by atoms with Crippen LogP contribution in [0.3, 0.4) is 0 Å². The topological polar surface area (TPSA) is 20.2 Å². The molecule has 4 rings (SSSR count). The molecule has 4 atom stereocenters. The smallest absolute Gasteiger partial charge is 0.0716 e. The number of fused-ring (bicyclic) bond motifs is 5. The Labute approximate surface area is 116 Å². The largest absolute Gasteiger partial charge is 0.389 e. The van der Waals surface area contributed by atoms with Gasteiger partial charge in [-0.3, -0.25) is 0 Å². The maximum atomic E-state index is 11.0. The lowest BCUT2D eigenvalue weighted by atomic mass is 9.55. The van der Waals surface area contributed by atoms with Crippen molar-refractivity contribution in [1.29, 1.82) is 0 Å². The van der Waals surface area contributed by atoms with Gasteiger partial charge in [0.05, 0.1) is 5.60 Å². The van der Waals surface area contributed by atoms with Gasteiger partial charge in [-0.05, 0) is 55.1 Å². The van der Waals surface area contributed by atoms with Gasteiger partial charge in [0.1, 0.15) is 0 Å². The summed E-state index contributed by atoms with van der Waals surface area (Å²) >= 11 is 0. The predicted octanol–water partition coefficient (Wildman–Crippen LogP) is 4.15. The van der Waals surface area contributed by atoms with Gasteiger partial charge >= 0.3 is 0 Å². The van der Waals surface area contributed by atoms with Gasteiger partial charge in [-0.25, -0.2) is 0 Å². The monoisotopic (exact) mass is 256 g/mol. The quantitative estimate of drug-likeness (QED) is 0.690. The Morgan fingerprint density at radius 2 is 2.11 bits per heavy atom. The minimum absolute atomic E-state index is 0.284. The van der Waals surface area contributed by atoms with Crippen molar-refractivity contribution in [2.75, 3.05) is 0 Å². The third-order valence-electron chi connectivity index (χ3n) is 6.25. The zero-order chi connectivity index (χ0) is 13.1. The standard InChI is InChI=1S/C18H24O/c1-17-9-4-6-15(17)13-8-12-18(19)10-3-2-5-16(18)14(13)7-11-17/h4,6,8-9,14,16,19H,2-3,5,7,10-12H2,1H3/t14-,16+,17-,18?/m0/s1. The first-order valence-electron chi connectivity index (χ1n) is 7.95. The molecule has 0 aromatic heterocycles. The number of rotatable bonds is 0. The van der Waals surface area contributed by atoms with Crippen LogP contribution in [0.1, 0.15) is 51.9 Å². The minimum Gasteiger partial charge on any atom is -0.389 e. The molecule has 2 saturated carbocycles. The highest BCUT2D eigenvalue weighted by atomic mass is 16.3. The number of aliphatic hydroxyl groups is 1. The SMILES string of the molecule is C[C@@]12C=CC=C1C1=CCC3(O)CCCC[C@@H]3[C@H]1CC2. The van der Waals surface area contributed by atoms with E-state index in [2.05, 4.69) is 31.2 Å². The summed E-state index contributed by atoms with van der Waals surface area (Å²) in [4.78, 5) is 0. The van der Waals surface area contributed by atoms with Gasteiger partial charge in [-0.2, -0.15) is 0 Å². The van der Waals surface area contributed by atoms with E-state index in [1.54, 1.807) is 11.1 Å². The molecule has 19 heavy (non-hydrogen) atoms. The van der Waals surface area contributed by atoms with Crippen LogP contribution in [0.5, 0.6) is 0 Å². The second-order valence-electron chi connectivity index (χ2n) is 7.32. The average molecular weight is 256 g/mol. The van der Waals surface area contributed by atoms with Crippen molar-refractivity contribution in [3.05, 3.63) is 35.5 Å². The van der Waals surface area contributed by atoms with Gasteiger partial charge in [-0.1, -0.05) is 44.1 Å². The first-order chi connectivity index (χ1) is 9.12. The van der Waals surface area contributed by atoms with Crippen molar-refractivity contribution >= 4 is 0 Å². The lowest BCUT2D eigenvalue weighted by molar-refractivity contribution is -0.0734. The van der Waals surface area contributed by atoms with E-state index in [4.69, 9.17) is 0 Å². The van der Waals surface area contributed by atoms with Crippen LogP contribution in [-0.4, -0.2) is 10.7 Å². The first-order valence-corrected chi connectivity index (χ1v) is 7.95. The Bertz CT molecular complexity index is 498. The third-order valence-corrected chi connectivity index (χ3v) is 6.25. The van der Waals surface area contributed by atoms with Crippen molar-refractivity contribution in [1.82, 2.24) is 0 Å². The molecule has 1 heteroatoms. The summed E-state index contributed by atoms with van der Waals surface area (Å²) < 4.78 is 0. The van der Waals surface area contributed by atoms with Crippen molar-refractivity contribution in [3.63, 3.8) is 0 Å². The highest BCUT2D eigenvalue weighted by molar-refractivity contribution is 5.50. The van der Waals surface area contributed by atoms with Crippen molar-refractivity contribution in [2.24, 2.45) is 17.3 Å². The summed E-state index contributed by atoms with van der Waals surface area (Å²) in [6.07, 6.45) is 17.5. The van der Waals surface area contributed by atoms with Crippen LogP contribution < -0.4 is 0 Å². The molecule has 1 N–H and O–H groups in total. The average Bonchev–Trinajstić information content (AvgIpc) is 2.79. The van der Waals surface area contributed by atoms with E-state index in [0.717, 1.165) is 12.8 Å². The zero-order valence-electron chi connectivity index (χ0n) is 11.9. The minimum atomic E-state index is -0.382. The van der Waals surface area contributed by atoms with Gasteiger partial charge in [-0.15, -0.1) is 0 Å². The maximum Gasteiger partial charge on any atom is 0.0716 e. The molecule has 4 aliphatic carbocycles. The summed E-state index contributed by atoms with van der Waals surface area (Å²) in [5, 5.41) is 11.0. The highest BCUT2D eigenvalue weighted by Crippen LogP contribution is 2.57. The first kappa shape index (κ1) is 12.0. The summed E-state index contributed by atoms with van der Waals surface area (Å²) in [5.74, 6) is 1.14. The molecule has 0 saturated heterocycles. The zero-order valence-corrected chi connectivity index (χ0v) is 11.9. The van der Waals surface area contributed by atoms with E-state index in [1.807, 2.05) is 0 Å².